The van der Waals surface area contributed by atoms with Crippen LogP contribution >= 0.6 is 11.6 Å². The Morgan fingerprint density at radius 3 is 2.67 bits per heavy atom. The van der Waals surface area contributed by atoms with Gasteiger partial charge in [0.2, 0.25) is 0 Å². The molecule has 1 aromatic carbocycles. The third kappa shape index (κ3) is 5.07. The van der Waals surface area contributed by atoms with Gasteiger partial charge in [0.15, 0.2) is 0 Å². The van der Waals surface area contributed by atoms with E-state index in [1.54, 1.807) is 0 Å². The first-order valence-corrected chi connectivity index (χ1v) is 6.56. The molecule has 1 rings (SSSR count). The van der Waals surface area contributed by atoms with Gasteiger partial charge in [-0.15, -0.1) is 0 Å². The molecule has 2 atom stereocenters. The number of halogens is 1. The van der Waals surface area contributed by atoms with Gasteiger partial charge in [0.25, 0.3) is 0 Å². The van der Waals surface area contributed by atoms with Gasteiger partial charge in [-0.2, -0.15) is 0 Å². The summed E-state index contributed by atoms with van der Waals surface area (Å²) in [6.45, 7) is 2.52. The first-order valence-electron chi connectivity index (χ1n) is 6.18. The average molecular weight is 270 g/mol. The molecule has 4 heteroatoms. The monoisotopic (exact) mass is 269 g/mol. The van der Waals surface area contributed by atoms with E-state index in [2.05, 4.69) is 6.92 Å². The predicted molar refractivity (Wildman–Crippen MR) is 73.7 cm³/mol. The van der Waals surface area contributed by atoms with Crippen LogP contribution < -0.4 is 5.73 Å². The van der Waals surface area contributed by atoms with E-state index in [0.29, 0.717) is 12.5 Å². The Hall–Kier alpha value is -1.06. The summed E-state index contributed by atoms with van der Waals surface area (Å²) in [4.78, 5) is 10.7. The summed E-state index contributed by atoms with van der Waals surface area (Å²) in [6, 6.07) is 7.75. The van der Waals surface area contributed by atoms with Crippen molar-refractivity contribution in [2.24, 2.45) is 17.6 Å². The highest BCUT2D eigenvalue weighted by molar-refractivity contribution is 6.31. The molecule has 100 valence electrons. The molecule has 0 aromatic heterocycles. The van der Waals surface area contributed by atoms with E-state index in [0.717, 1.165) is 23.4 Å². The fourth-order valence-corrected chi connectivity index (χ4v) is 2.41. The van der Waals surface area contributed by atoms with Gasteiger partial charge in [0.1, 0.15) is 0 Å². The van der Waals surface area contributed by atoms with E-state index in [1.165, 1.54) is 0 Å². The zero-order valence-electron chi connectivity index (χ0n) is 10.6. The number of carboxylic acids is 1. The third-order valence-electron chi connectivity index (χ3n) is 3.06. The van der Waals surface area contributed by atoms with Crippen LogP contribution in [0.3, 0.4) is 0 Å². The summed E-state index contributed by atoms with van der Waals surface area (Å²) in [5.74, 6) is -0.367. The van der Waals surface area contributed by atoms with Crippen molar-refractivity contribution in [3.8, 4) is 0 Å². The van der Waals surface area contributed by atoms with Crippen molar-refractivity contribution in [3.63, 3.8) is 0 Å². The molecule has 0 fully saturated rings. The van der Waals surface area contributed by atoms with Crippen LogP contribution in [-0.4, -0.2) is 17.6 Å². The Morgan fingerprint density at radius 2 is 2.11 bits per heavy atom. The molecule has 18 heavy (non-hydrogen) atoms. The summed E-state index contributed by atoms with van der Waals surface area (Å²) in [5, 5.41) is 9.56. The zero-order valence-corrected chi connectivity index (χ0v) is 11.4. The lowest BCUT2D eigenvalue weighted by Crippen LogP contribution is -2.21. The molecule has 0 heterocycles. The van der Waals surface area contributed by atoms with Crippen molar-refractivity contribution < 1.29 is 9.90 Å². The molecular formula is C14H20ClNO2. The highest BCUT2D eigenvalue weighted by Gasteiger charge is 2.16. The number of carboxylic acid groups (broad SMARTS) is 1. The highest BCUT2D eigenvalue weighted by Crippen LogP contribution is 2.23. The van der Waals surface area contributed by atoms with Gasteiger partial charge in [0.05, 0.1) is 0 Å². The summed E-state index contributed by atoms with van der Waals surface area (Å²) in [5.41, 5.74) is 6.71. The lowest BCUT2D eigenvalue weighted by Gasteiger charge is -2.18. The molecule has 1 aromatic rings. The molecule has 0 saturated heterocycles. The number of nitrogens with two attached hydrogens (primary N) is 1. The fourth-order valence-electron chi connectivity index (χ4n) is 2.20. The molecule has 0 spiro atoms. The standard InChI is InChI=1S/C14H20ClNO2/c1-10(6-11(9-16)8-14(17)18)7-12-4-2-3-5-13(12)15/h2-5,10-11H,6-9,16H2,1H3,(H,17,18). The van der Waals surface area contributed by atoms with Crippen LogP contribution in [0.15, 0.2) is 24.3 Å². The first kappa shape index (κ1) is 15.0. The van der Waals surface area contributed by atoms with E-state index >= 15 is 0 Å². The summed E-state index contributed by atoms with van der Waals surface area (Å²) < 4.78 is 0. The van der Waals surface area contributed by atoms with Gasteiger partial charge in [-0.1, -0.05) is 36.7 Å². The third-order valence-corrected chi connectivity index (χ3v) is 3.43. The lowest BCUT2D eigenvalue weighted by molar-refractivity contribution is -0.138. The van der Waals surface area contributed by atoms with Gasteiger partial charge >= 0.3 is 5.97 Å². The number of hydrogen-bond donors (Lipinski definition) is 2. The number of benzene rings is 1. The SMILES string of the molecule is CC(Cc1ccccc1Cl)CC(CN)CC(=O)O. The molecule has 0 radical (unpaired) electrons. The molecule has 0 aliphatic carbocycles. The van der Waals surface area contributed by atoms with Crippen molar-refractivity contribution in [1.82, 2.24) is 0 Å². The van der Waals surface area contributed by atoms with Gasteiger partial charge in [-0.3, -0.25) is 4.79 Å². The van der Waals surface area contributed by atoms with E-state index in [-0.39, 0.29) is 12.3 Å². The molecule has 3 nitrogen and oxygen atoms in total. The maximum atomic E-state index is 10.7. The topological polar surface area (TPSA) is 63.3 Å². The molecule has 0 aliphatic rings. The molecule has 0 bridgehead atoms. The van der Waals surface area contributed by atoms with Crippen LogP contribution in [0.5, 0.6) is 0 Å². The highest BCUT2D eigenvalue weighted by atomic mass is 35.5. The predicted octanol–water partition coefficient (Wildman–Crippen LogP) is 2.96. The van der Waals surface area contributed by atoms with Crippen molar-refractivity contribution in [2.45, 2.75) is 26.2 Å². The van der Waals surface area contributed by atoms with Crippen molar-refractivity contribution in [2.75, 3.05) is 6.54 Å². The van der Waals surface area contributed by atoms with Gasteiger partial charge in [-0.05, 0) is 42.9 Å². The lowest BCUT2D eigenvalue weighted by atomic mass is 9.89. The Bertz CT molecular complexity index is 395. The Morgan fingerprint density at radius 1 is 1.44 bits per heavy atom. The molecule has 0 aliphatic heterocycles. The zero-order chi connectivity index (χ0) is 13.5. The second-order valence-electron chi connectivity index (χ2n) is 4.84. The smallest absolute Gasteiger partial charge is 0.303 e. The van der Waals surface area contributed by atoms with Crippen LogP contribution in [0.2, 0.25) is 5.02 Å². The normalized spacial score (nSPS) is 14.2. The largest absolute Gasteiger partial charge is 0.481 e. The van der Waals surface area contributed by atoms with E-state index < -0.39 is 5.97 Å². The van der Waals surface area contributed by atoms with Crippen LogP contribution in [0, 0.1) is 11.8 Å². The van der Waals surface area contributed by atoms with Gasteiger partial charge < -0.3 is 10.8 Å². The fraction of sp³-hybridized carbons (Fsp3) is 0.500. The summed E-state index contributed by atoms with van der Waals surface area (Å²) in [7, 11) is 0. The minimum absolute atomic E-state index is 0.0417. The van der Waals surface area contributed by atoms with Crippen LogP contribution in [-0.2, 0) is 11.2 Å². The summed E-state index contributed by atoms with van der Waals surface area (Å²) >= 11 is 6.10. The Balaban J connectivity index is 2.52. The molecule has 3 N–H and O–H groups in total. The van der Waals surface area contributed by atoms with Crippen LogP contribution in [0.1, 0.15) is 25.3 Å². The van der Waals surface area contributed by atoms with E-state index in [1.807, 2.05) is 24.3 Å². The van der Waals surface area contributed by atoms with E-state index in [9.17, 15) is 4.79 Å². The van der Waals surface area contributed by atoms with Gasteiger partial charge in [0, 0.05) is 11.4 Å². The number of carbonyl (C=O) groups is 1. The quantitative estimate of drug-likeness (QED) is 0.800. The Kier molecular flexibility index (Phi) is 6.16. The maximum absolute atomic E-state index is 10.7. The summed E-state index contributed by atoms with van der Waals surface area (Å²) in [6.07, 6.45) is 1.81. The number of hydrogen-bond acceptors (Lipinski definition) is 2. The number of rotatable bonds is 7. The van der Waals surface area contributed by atoms with Gasteiger partial charge in [-0.25, -0.2) is 0 Å². The van der Waals surface area contributed by atoms with Crippen molar-refractivity contribution >= 4 is 17.6 Å². The minimum atomic E-state index is -0.782. The second kappa shape index (κ2) is 7.39. The van der Waals surface area contributed by atoms with E-state index in [4.69, 9.17) is 22.4 Å². The Labute approximate surface area is 113 Å². The molecule has 0 saturated carbocycles. The minimum Gasteiger partial charge on any atom is -0.481 e. The maximum Gasteiger partial charge on any atom is 0.303 e. The molecule has 2 unspecified atom stereocenters. The van der Waals surface area contributed by atoms with Crippen molar-refractivity contribution in [1.29, 1.82) is 0 Å². The molecular weight excluding hydrogens is 250 g/mol. The average Bonchev–Trinajstić information content (AvgIpc) is 2.30. The first-order chi connectivity index (χ1) is 8.52. The second-order valence-corrected chi connectivity index (χ2v) is 5.24. The molecule has 0 amide bonds. The van der Waals surface area contributed by atoms with Crippen molar-refractivity contribution in [3.05, 3.63) is 34.9 Å². The number of aliphatic carboxylic acids is 1. The van der Waals surface area contributed by atoms with Crippen LogP contribution in [0.25, 0.3) is 0 Å². The van der Waals surface area contributed by atoms with Crippen LogP contribution in [0.4, 0.5) is 0 Å².